The van der Waals surface area contributed by atoms with E-state index in [0.717, 1.165) is 23.4 Å². The van der Waals surface area contributed by atoms with Crippen LogP contribution in [0.1, 0.15) is 42.0 Å². The first-order valence-corrected chi connectivity index (χ1v) is 10.7. The van der Waals surface area contributed by atoms with E-state index in [0.29, 0.717) is 24.5 Å². The summed E-state index contributed by atoms with van der Waals surface area (Å²) in [4.78, 5) is 4.67. The van der Waals surface area contributed by atoms with Crippen LogP contribution >= 0.6 is 0 Å². The average Bonchev–Trinajstić information content (AvgIpc) is 3.29. The molecule has 3 heteroatoms. The van der Waals surface area contributed by atoms with Gasteiger partial charge in [-0.25, -0.2) is 0 Å². The van der Waals surface area contributed by atoms with E-state index in [1.807, 2.05) is 37.4 Å². The van der Waals surface area contributed by atoms with E-state index >= 15 is 0 Å². The van der Waals surface area contributed by atoms with Gasteiger partial charge in [-0.15, -0.1) is 0 Å². The number of aliphatic imine (C=N–C) groups is 1. The third-order valence-electron chi connectivity index (χ3n) is 6.10. The van der Waals surface area contributed by atoms with Gasteiger partial charge in [-0.2, -0.15) is 0 Å². The monoisotopic (exact) mass is 394 g/mol. The molecule has 5 rings (SSSR count). The number of hydrogen-bond acceptors (Lipinski definition) is 3. The Kier molecular flexibility index (Phi) is 5.10. The van der Waals surface area contributed by atoms with Crippen molar-refractivity contribution in [3.05, 3.63) is 102 Å². The molecular weight excluding hydrogens is 368 g/mol. The van der Waals surface area contributed by atoms with E-state index in [2.05, 4.69) is 71.0 Å². The van der Waals surface area contributed by atoms with Crippen molar-refractivity contribution in [2.24, 2.45) is 10.9 Å². The molecular formula is C27H26N2O. The fourth-order valence-electron chi connectivity index (χ4n) is 4.66. The summed E-state index contributed by atoms with van der Waals surface area (Å²) in [6.07, 6.45) is 7.71. The van der Waals surface area contributed by atoms with Crippen molar-refractivity contribution in [2.75, 3.05) is 11.9 Å². The number of ether oxygens (including phenoxy) is 1. The maximum atomic E-state index is 5.69. The molecule has 0 unspecified atom stereocenters. The smallest absolute Gasteiger partial charge is 0.128 e. The van der Waals surface area contributed by atoms with Crippen LogP contribution in [0.3, 0.4) is 0 Å². The fourth-order valence-corrected chi connectivity index (χ4v) is 4.66. The lowest BCUT2D eigenvalue weighted by molar-refractivity contribution is 0.340. The van der Waals surface area contributed by atoms with Gasteiger partial charge < -0.3 is 10.1 Å². The Morgan fingerprint density at radius 1 is 1.00 bits per heavy atom. The van der Waals surface area contributed by atoms with Crippen molar-refractivity contribution < 1.29 is 4.74 Å². The van der Waals surface area contributed by atoms with Gasteiger partial charge in [-0.05, 0) is 60.7 Å². The molecule has 0 spiro atoms. The summed E-state index contributed by atoms with van der Waals surface area (Å²) in [5, 5.41) is 3.79. The largest absolute Gasteiger partial charge is 0.493 e. The van der Waals surface area contributed by atoms with Crippen molar-refractivity contribution in [3.8, 4) is 5.75 Å². The molecule has 1 N–H and O–H groups in total. The molecule has 1 heterocycles. The van der Waals surface area contributed by atoms with Gasteiger partial charge in [0.2, 0.25) is 0 Å². The van der Waals surface area contributed by atoms with Crippen molar-refractivity contribution in [1.29, 1.82) is 0 Å². The third-order valence-corrected chi connectivity index (χ3v) is 6.10. The van der Waals surface area contributed by atoms with E-state index in [-0.39, 0.29) is 0 Å². The van der Waals surface area contributed by atoms with Crippen molar-refractivity contribution in [1.82, 2.24) is 0 Å². The minimum atomic E-state index is 0.316. The predicted octanol–water partition coefficient (Wildman–Crippen LogP) is 6.66. The van der Waals surface area contributed by atoms with Gasteiger partial charge in [-0.1, -0.05) is 54.6 Å². The first kappa shape index (κ1) is 18.7. The van der Waals surface area contributed by atoms with Gasteiger partial charge in [0.05, 0.1) is 18.3 Å². The molecule has 150 valence electrons. The number of fused-ring (bicyclic) bond motifs is 3. The van der Waals surface area contributed by atoms with E-state index in [1.165, 1.54) is 16.8 Å². The molecule has 1 aliphatic heterocycles. The molecule has 0 bridgehead atoms. The summed E-state index contributed by atoms with van der Waals surface area (Å²) in [5.74, 6) is 1.93. The zero-order chi connectivity index (χ0) is 20.3. The second-order valence-electron chi connectivity index (χ2n) is 7.88. The van der Waals surface area contributed by atoms with E-state index in [1.54, 1.807) is 0 Å². The van der Waals surface area contributed by atoms with E-state index in [4.69, 9.17) is 4.74 Å². The van der Waals surface area contributed by atoms with Gasteiger partial charge in [0, 0.05) is 23.4 Å². The number of para-hydroxylation sites is 2. The van der Waals surface area contributed by atoms with Gasteiger partial charge in [-0.3, -0.25) is 4.99 Å². The van der Waals surface area contributed by atoms with Gasteiger partial charge in [0.15, 0.2) is 0 Å². The van der Waals surface area contributed by atoms with Crippen molar-refractivity contribution in [3.63, 3.8) is 0 Å². The van der Waals surface area contributed by atoms with Gasteiger partial charge in [0.1, 0.15) is 5.75 Å². The summed E-state index contributed by atoms with van der Waals surface area (Å²) in [6, 6.07) is 25.6. The Morgan fingerprint density at radius 3 is 2.67 bits per heavy atom. The minimum Gasteiger partial charge on any atom is -0.493 e. The molecule has 3 aromatic carbocycles. The molecule has 0 saturated carbocycles. The molecule has 1 aliphatic carbocycles. The lowest BCUT2D eigenvalue weighted by Gasteiger charge is -2.37. The molecule has 0 aromatic heterocycles. The summed E-state index contributed by atoms with van der Waals surface area (Å²) < 4.78 is 5.69. The molecule has 30 heavy (non-hydrogen) atoms. The molecule has 0 saturated heterocycles. The van der Waals surface area contributed by atoms with E-state index < -0.39 is 0 Å². The highest BCUT2D eigenvalue weighted by Gasteiger charge is 2.37. The Balaban J connectivity index is 1.37. The standard InChI is InChI=1S/C27H26N2O/c1-2-30-26-13-6-3-8-20(26)18-28-21-16-14-19(15-17-21)27-24-11-7-10-22(24)23-9-4-5-12-25(23)29-27/h3-10,12-18,22,24,27,29H,2,11H2,1H3/t22-,24+,27+/m1/s1. The first-order valence-electron chi connectivity index (χ1n) is 10.7. The van der Waals surface area contributed by atoms with Crippen LogP contribution < -0.4 is 10.1 Å². The fraction of sp³-hybridized carbons (Fsp3) is 0.222. The number of rotatable bonds is 5. The first-order chi connectivity index (χ1) is 14.8. The molecule has 2 aliphatic rings. The minimum absolute atomic E-state index is 0.316. The molecule has 3 nitrogen and oxygen atoms in total. The van der Waals surface area contributed by atoms with Crippen LogP contribution in [0.2, 0.25) is 0 Å². The van der Waals surface area contributed by atoms with Crippen LogP contribution in [0.5, 0.6) is 5.75 Å². The van der Waals surface area contributed by atoms with Crippen molar-refractivity contribution in [2.45, 2.75) is 25.3 Å². The second kappa shape index (κ2) is 8.19. The highest BCUT2D eigenvalue weighted by molar-refractivity contribution is 5.85. The van der Waals surface area contributed by atoms with Crippen LogP contribution in [0.25, 0.3) is 0 Å². The zero-order valence-electron chi connectivity index (χ0n) is 17.2. The van der Waals surface area contributed by atoms with E-state index in [9.17, 15) is 0 Å². The SMILES string of the molecule is CCOc1ccccc1C=Nc1ccc([C@@H]2Nc3ccccc3[C@H]3C=CC[C@@H]32)cc1. The van der Waals surface area contributed by atoms with Crippen LogP contribution in [-0.2, 0) is 0 Å². The number of benzene rings is 3. The highest BCUT2D eigenvalue weighted by Crippen LogP contribution is 2.49. The summed E-state index contributed by atoms with van der Waals surface area (Å²) >= 11 is 0. The van der Waals surface area contributed by atoms with Crippen LogP contribution in [0.15, 0.2) is 89.9 Å². The van der Waals surface area contributed by atoms with Crippen molar-refractivity contribution >= 4 is 17.6 Å². The maximum Gasteiger partial charge on any atom is 0.128 e. The van der Waals surface area contributed by atoms with Crippen LogP contribution in [0, 0.1) is 5.92 Å². The molecule has 3 aromatic rings. The Hall–Kier alpha value is -3.33. The normalized spacial score (nSPS) is 21.8. The lowest BCUT2D eigenvalue weighted by Crippen LogP contribution is -2.28. The lowest BCUT2D eigenvalue weighted by atomic mass is 9.77. The summed E-state index contributed by atoms with van der Waals surface area (Å²) in [7, 11) is 0. The Labute approximate surface area is 178 Å². The number of allylic oxidation sites excluding steroid dienone is 2. The topological polar surface area (TPSA) is 33.6 Å². The van der Waals surface area contributed by atoms with Gasteiger partial charge >= 0.3 is 0 Å². The second-order valence-corrected chi connectivity index (χ2v) is 7.88. The maximum absolute atomic E-state index is 5.69. The molecule has 0 fully saturated rings. The highest BCUT2D eigenvalue weighted by atomic mass is 16.5. The Morgan fingerprint density at radius 2 is 1.80 bits per heavy atom. The number of nitrogens with one attached hydrogen (secondary N) is 1. The number of anilines is 1. The number of hydrogen-bond donors (Lipinski definition) is 1. The third kappa shape index (κ3) is 3.52. The Bertz CT molecular complexity index is 1080. The summed E-state index contributed by atoms with van der Waals surface area (Å²) in [6.45, 7) is 2.64. The van der Waals surface area contributed by atoms with Crippen LogP contribution in [0.4, 0.5) is 11.4 Å². The molecule has 3 atom stereocenters. The predicted molar refractivity (Wildman–Crippen MR) is 124 cm³/mol. The van der Waals surface area contributed by atoms with Crippen LogP contribution in [-0.4, -0.2) is 12.8 Å². The molecule has 0 radical (unpaired) electrons. The van der Waals surface area contributed by atoms with Gasteiger partial charge in [0.25, 0.3) is 0 Å². The number of nitrogens with zero attached hydrogens (tertiary/aromatic N) is 1. The summed E-state index contributed by atoms with van der Waals surface area (Å²) in [5.41, 5.74) is 5.93. The zero-order valence-corrected chi connectivity index (χ0v) is 17.2. The molecule has 0 amide bonds. The average molecular weight is 395 g/mol. The quantitative estimate of drug-likeness (QED) is 0.388.